The lowest BCUT2D eigenvalue weighted by atomic mass is 9.72. The van der Waals surface area contributed by atoms with Crippen LogP contribution in [0.4, 0.5) is 8.78 Å². The van der Waals surface area contributed by atoms with Crippen LogP contribution in [-0.4, -0.2) is 19.1 Å². The van der Waals surface area contributed by atoms with Crippen LogP contribution >= 0.6 is 0 Å². The van der Waals surface area contributed by atoms with Crippen molar-refractivity contribution in [3.8, 4) is 0 Å². The molecule has 0 aliphatic heterocycles. The molecule has 0 bridgehead atoms. The predicted octanol–water partition coefficient (Wildman–Crippen LogP) is 2.67. The quantitative estimate of drug-likeness (QED) is 0.818. The Labute approximate surface area is 118 Å². The summed E-state index contributed by atoms with van der Waals surface area (Å²) in [5.74, 6) is -1.89. The standard InChI is InChI=1S/C15H21F2NO2/c1-4-20-14(19)15(9-18,10(2)3)8-11-5-6-12(16)7-13(11)17/h5-7,10H,4,8-9,18H2,1-3H3. The van der Waals surface area contributed by atoms with Gasteiger partial charge in [0.2, 0.25) is 0 Å². The Bertz CT molecular complexity index is 477. The molecule has 0 spiro atoms. The summed E-state index contributed by atoms with van der Waals surface area (Å²) in [5, 5.41) is 0. The number of hydrogen-bond donors (Lipinski definition) is 1. The molecule has 0 aromatic heterocycles. The first kappa shape index (κ1) is 16.6. The SMILES string of the molecule is CCOC(=O)C(CN)(Cc1ccc(F)cc1F)C(C)C. The second-order valence-electron chi connectivity index (χ2n) is 5.15. The second kappa shape index (κ2) is 6.79. The lowest BCUT2D eigenvalue weighted by molar-refractivity contribution is -0.157. The number of carbonyl (C=O) groups excluding carboxylic acids is 1. The molecular weight excluding hydrogens is 264 g/mol. The van der Waals surface area contributed by atoms with Gasteiger partial charge in [-0.2, -0.15) is 0 Å². The van der Waals surface area contributed by atoms with Crippen LogP contribution in [0.25, 0.3) is 0 Å². The van der Waals surface area contributed by atoms with Crippen molar-refractivity contribution >= 4 is 5.97 Å². The molecule has 112 valence electrons. The van der Waals surface area contributed by atoms with Crippen molar-refractivity contribution in [2.45, 2.75) is 27.2 Å². The maximum atomic E-state index is 13.8. The van der Waals surface area contributed by atoms with Gasteiger partial charge in [-0.25, -0.2) is 8.78 Å². The molecule has 0 saturated heterocycles. The number of carbonyl (C=O) groups is 1. The lowest BCUT2D eigenvalue weighted by Crippen LogP contribution is -2.46. The Morgan fingerprint density at radius 2 is 2.05 bits per heavy atom. The van der Waals surface area contributed by atoms with Crippen LogP contribution < -0.4 is 5.73 Å². The van der Waals surface area contributed by atoms with E-state index >= 15 is 0 Å². The Kier molecular flexibility index (Phi) is 5.62. The fourth-order valence-corrected chi connectivity index (χ4v) is 2.18. The summed E-state index contributed by atoms with van der Waals surface area (Å²) in [6, 6.07) is 3.32. The molecule has 0 radical (unpaired) electrons. The zero-order valence-electron chi connectivity index (χ0n) is 12.1. The zero-order valence-corrected chi connectivity index (χ0v) is 12.1. The third-order valence-corrected chi connectivity index (χ3v) is 3.67. The van der Waals surface area contributed by atoms with Crippen molar-refractivity contribution in [2.75, 3.05) is 13.2 Å². The zero-order chi connectivity index (χ0) is 15.3. The van der Waals surface area contributed by atoms with Gasteiger partial charge in [0, 0.05) is 12.6 Å². The molecule has 1 unspecified atom stereocenters. The average Bonchev–Trinajstić information content (AvgIpc) is 2.38. The molecule has 20 heavy (non-hydrogen) atoms. The van der Waals surface area contributed by atoms with Crippen LogP contribution in [-0.2, 0) is 16.0 Å². The summed E-state index contributed by atoms with van der Waals surface area (Å²) in [5.41, 5.74) is 5.03. The number of rotatable bonds is 6. The van der Waals surface area contributed by atoms with E-state index in [0.717, 1.165) is 6.07 Å². The van der Waals surface area contributed by atoms with Crippen LogP contribution in [0.3, 0.4) is 0 Å². The van der Waals surface area contributed by atoms with Crippen molar-refractivity contribution in [3.05, 3.63) is 35.4 Å². The number of nitrogens with two attached hydrogens (primary N) is 1. The topological polar surface area (TPSA) is 52.3 Å². The van der Waals surface area contributed by atoms with Crippen molar-refractivity contribution in [1.29, 1.82) is 0 Å². The number of esters is 1. The third-order valence-electron chi connectivity index (χ3n) is 3.67. The van der Waals surface area contributed by atoms with Gasteiger partial charge in [0.15, 0.2) is 0 Å². The fourth-order valence-electron chi connectivity index (χ4n) is 2.18. The van der Waals surface area contributed by atoms with Crippen molar-refractivity contribution in [2.24, 2.45) is 17.1 Å². The van der Waals surface area contributed by atoms with Crippen molar-refractivity contribution in [1.82, 2.24) is 0 Å². The first-order valence-electron chi connectivity index (χ1n) is 6.68. The molecule has 2 N–H and O–H groups in total. The molecular formula is C15H21F2NO2. The summed E-state index contributed by atoms with van der Waals surface area (Å²) >= 11 is 0. The minimum Gasteiger partial charge on any atom is -0.466 e. The summed E-state index contributed by atoms with van der Waals surface area (Å²) in [4.78, 5) is 12.2. The van der Waals surface area contributed by atoms with E-state index in [9.17, 15) is 13.6 Å². The van der Waals surface area contributed by atoms with Gasteiger partial charge in [-0.3, -0.25) is 4.79 Å². The van der Waals surface area contributed by atoms with Crippen molar-refractivity contribution < 1.29 is 18.3 Å². The van der Waals surface area contributed by atoms with Gasteiger partial charge in [0.05, 0.1) is 12.0 Å². The fraction of sp³-hybridized carbons (Fsp3) is 0.533. The van der Waals surface area contributed by atoms with Crippen LogP contribution in [0.1, 0.15) is 26.3 Å². The number of hydrogen-bond acceptors (Lipinski definition) is 3. The number of ether oxygens (including phenoxy) is 1. The Hall–Kier alpha value is -1.49. The highest BCUT2D eigenvalue weighted by atomic mass is 19.1. The van der Waals surface area contributed by atoms with Gasteiger partial charge in [-0.15, -0.1) is 0 Å². The molecule has 1 aromatic rings. The highest BCUT2D eigenvalue weighted by Gasteiger charge is 2.42. The summed E-state index contributed by atoms with van der Waals surface area (Å²) < 4.78 is 31.8. The highest BCUT2D eigenvalue weighted by molar-refractivity contribution is 5.78. The number of halogens is 2. The Morgan fingerprint density at radius 1 is 1.40 bits per heavy atom. The molecule has 0 fully saturated rings. The van der Waals surface area contributed by atoms with E-state index < -0.39 is 23.0 Å². The van der Waals surface area contributed by atoms with Gasteiger partial charge >= 0.3 is 5.97 Å². The second-order valence-corrected chi connectivity index (χ2v) is 5.15. The molecule has 3 nitrogen and oxygen atoms in total. The Balaban J connectivity index is 3.15. The molecule has 0 aliphatic carbocycles. The highest BCUT2D eigenvalue weighted by Crippen LogP contribution is 2.33. The summed E-state index contributed by atoms with van der Waals surface area (Å²) in [6.45, 7) is 5.66. The monoisotopic (exact) mass is 285 g/mol. The molecule has 0 saturated carbocycles. The van der Waals surface area contributed by atoms with E-state index in [-0.39, 0.29) is 31.1 Å². The van der Waals surface area contributed by atoms with E-state index in [2.05, 4.69) is 0 Å². The van der Waals surface area contributed by atoms with Crippen LogP contribution in [0.5, 0.6) is 0 Å². The first-order chi connectivity index (χ1) is 9.37. The smallest absolute Gasteiger partial charge is 0.313 e. The normalized spacial score (nSPS) is 14.2. The largest absolute Gasteiger partial charge is 0.466 e. The van der Waals surface area contributed by atoms with Crippen molar-refractivity contribution in [3.63, 3.8) is 0 Å². The third kappa shape index (κ3) is 3.33. The summed E-state index contributed by atoms with van der Waals surface area (Å²) in [7, 11) is 0. The van der Waals surface area contributed by atoms with Crippen LogP contribution in [0.15, 0.2) is 18.2 Å². The molecule has 0 aliphatic rings. The van der Waals surface area contributed by atoms with Gasteiger partial charge in [-0.05, 0) is 30.9 Å². The minimum absolute atomic E-state index is 0.0420. The van der Waals surface area contributed by atoms with E-state index in [0.29, 0.717) is 0 Å². The summed E-state index contributed by atoms with van der Waals surface area (Å²) in [6.07, 6.45) is 0.0894. The molecule has 5 heteroatoms. The van der Waals surface area contributed by atoms with E-state index in [1.807, 2.05) is 13.8 Å². The lowest BCUT2D eigenvalue weighted by Gasteiger charge is -2.34. The van der Waals surface area contributed by atoms with E-state index in [1.165, 1.54) is 12.1 Å². The van der Waals surface area contributed by atoms with E-state index in [1.54, 1.807) is 6.92 Å². The maximum absolute atomic E-state index is 13.8. The van der Waals surface area contributed by atoms with Gasteiger partial charge in [-0.1, -0.05) is 19.9 Å². The average molecular weight is 285 g/mol. The van der Waals surface area contributed by atoms with Gasteiger partial charge < -0.3 is 10.5 Å². The van der Waals surface area contributed by atoms with Crippen LogP contribution in [0, 0.1) is 23.0 Å². The van der Waals surface area contributed by atoms with Gasteiger partial charge in [0.1, 0.15) is 11.6 Å². The molecule has 0 heterocycles. The Morgan fingerprint density at radius 3 is 2.50 bits per heavy atom. The molecule has 1 rings (SSSR count). The minimum atomic E-state index is -1.01. The predicted molar refractivity (Wildman–Crippen MR) is 73.0 cm³/mol. The van der Waals surface area contributed by atoms with E-state index in [4.69, 9.17) is 10.5 Å². The van der Waals surface area contributed by atoms with Crippen LogP contribution in [0.2, 0.25) is 0 Å². The molecule has 1 aromatic carbocycles. The van der Waals surface area contributed by atoms with Gasteiger partial charge in [0.25, 0.3) is 0 Å². The first-order valence-corrected chi connectivity index (χ1v) is 6.68. The number of benzene rings is 1. The maximum Gasteiger partial charge on any atom is 0.313 e. The molecule has 1 atom stereocenters. The molecule has 0 amide bonds.